The van der Waals surface area contributed by atoms with Gasteiger partial charge in [0, 0.05) is 29.8 Å². The number of nitrogens with one attached hydrogen (secondary N) is 1. The molecule has 0 radical (unpaired) electrons. The normalized spacial score (nSPS) is 17.2. The van der Waals surface area contributed by atoms with E-state index in [1.807, 2.05) is 68.3 Å². The van der Waals surface area contributed by atoms with E-state index in [4.69, 9.17) is 9.84 Å². The number of carbonyl (C=O) groups is 1. The minimum absolute atomic E-state index is 0.0703. The molecule has 1 fully saturated rings. The summed E-state index contributed by atoms with van der Waals surface area (Å²) < 4.78 is 21.8. The van der Waals surface area contributed by atoms with Crippen LogP contribution in [-0.4, -0.2) is 54.4 Å². The number of ether oxygens (including phenoxy) is 1. The summed E-state index contributed by atoms with van der Waals surface area (Å²) in [7, 11) is 4.04. The first-order valence-corrected chi connectivity index (χ1v) is 11.5. The summed E-state index contributed by atoms with van der Waals surface area (Å²) in [6, 6.07) is 14.7. The van der Waals surface area contributed by atoms with Gasteiger partial charge in [-0.3, -0.25) is 4.79 Å². The van der Waals surface area contributed by atoms with Gasteiger partial charge in [-0.25, -0.2) is 9.07 Å². The molecular formula is C26H31FN4O2. The standard InChI is InChI=1S/C26H31FN4O2/c1-4-33-24-12-11-18(15-23(24)27)25-22(17-31(29-25)19-9-6-5-7-10-19)20-16-21(20)26(32)28-13-8-14-30(2)3/h5-7,9-12,15,17,20-21H,4,8,13-14,16H2,1-3H3,(H,28,32). The highest BCUT2D eigenvalue weighted by Crippen LogP contribution is 2.50. The molecule has 1 amide bonds. The lowest BCUT2D eigenvalue weighted by molar-refractivity contribution is -0.122. The zero-order valence-corrected chi connectivity index (χ0v) is 19.4. The van der Waals surface area contributed by atoms with E-state index in [1.165, 1.54) is 6.07 Å². The molecule has 33 heavy (non-hydrogen) atoms. The van der Waals surface area contributed by atoms with Crippen molar-refractivity contribution in [1.29, 1.82) is 0 Å². The van der Waals surface area contributed by atoms with Gasteiger partial charge < -0.3 is 15.0 Å². The van der Waals surface area contributed by atoms with Crippen molar-refractivity contribution in [3.05, 3.63) is 66.1 Å². The number of rotatable bonds is 10. The van der Waals surface area contributed by atoms with Crippen molar-refractivity contribution in [3.63, 3.8) is 0 Å². The van der Waals surface area contributed by atoms with Crippen LogP contribution in [0.1, 0.15) is 31.2 Å². The van der Waals surface area contributed by atoms with Gasteiger partial charge >= 0.3 is 0 Å². The summed E-state index contributed by atoms with van der Waals surface area (Å²) >= 11 is 0. The first-order valence-electron chi connectivity index (χ1n) is 11.5. The summed E-state index contributed by atoms with van der Waals surface area (Å²) in [6.45, 7) is 3.83. The number of benzene rings is 2. The Balaban J connectivity index is 1.58. The summed E-state index contributed by atoms with van der Waals surface area (Å²) in [4.78, 5) is 14.8. The average molecular weight is 451 g/mol. The van der Waals surface area contributed by atoms with Gasteiger partial charge in [-0.05, 0) is 76.7 Å². The maximum Gasteiger partial charge on any atom is 0.223 e. The van der Waals surface area contributed by atoms with Gasteiger partial charge in [0.1, 0.15) is 0 Å². The van der Waals surface area contributed by atoms with Crippen LogP contribution in [-0.2, 0) is 4.79 Å². The van der Waals surface area contributed by atoms with Crippen molar-refractivity contribution in [2.75, 3.05) is 33.8 Å². The van der Waals surface area contributed by atoms with E-state index < -0.39 is 5.82 Å². The Bertz CT molecular complexity index is 1100. The van der Waals surface area contributed by atoms with Crippen LogP contribution in [0.5, 0.6) is 5.75 Å². The van der Waals surface area contributed by atoms with Crippen molar-refractivity contribution in [2.45, 2.75) is 25.7 Å². The Morgan fingerprint density at radius 3 is 2.73 bits per heavy atom. The molecular weight excluding hydrogens is 419 g/mol. The quantitative estimate of drug-likeness (QED) is 0.469. The first-order chi connectivity index (χ1) is 16.0. The van der Waals surface area contributed by atoms with Crippen LogP contribution in [0.3, 0.4) is 0 Å². The summed E-state index contributed by atoms with van der Waals surface area (Å²) in [6.07, 6.45) is 3.66. The van der Waals surface area contributed by atoms with Crippen LogP contribution in [0, 0.1) is 11.7 Å². The largest absolute Gasteiger partial charge is 0.491 e. The van der Waals surface area contributed by atoms with Crippen molar-refractivity contribution < 1.29 is 13.9 Å². The number of para-hydroxylation sites is 1. The molecule has 0 aliphatic heterocycles. The van der Waals surface area contributed by atoms with E-state index in [2.05, 4.69) is 10.2 Å². The van der Waals surface area contributed by atoms with Gasteiger partial charge in [-0.2, -0.15) is 5.10 Å². The molecule has 4 rings (SSSR count). The summed E-state index contributed by atoms with van der Waals surface area (Å²) in [5.41, 5.74) is 3.27. The topological polar surface area (TPSA) is 59.4 Å². The SMILES string of the molecule is CCOc1ccc(-c2nn(-c3ccccc3)cc2C2CC2C(=O)NCCCN(C)C)cc1F. The highest BCUT2D eigenvalue weighted by Gasteiger charge is 2.46. The molecule has 174 valence electrons. The molecule has 6 nitrogen and oxygen atoms in total. The fourth-order valence-electron chi connectivity index (χ4n) is 4.08. The first kappa shape index (κ1) is 23.0. The number of halogens is 1. The van der Waals surface area contributed by atoms with E-state index in [0.29, 0.717) is 24.4 Å². The number of hydrogen-bond donors (Lipinski definition) is 1. The lowest BCUT2D eigenvalue weighted by atomic mass is 10.0. The minimum atomic E-state index is -0.416. The van der Waals surface area contributed by atoms with Crippen molar-refractivity contribution in [2.24, 2.45) is 5.92 Å². The van der Waals surface area contributed by atoms with Crippen LogP contribution in [0.2, 0.25) is 0 Å². The van der Waals surface area contributed by atoms with Crippen molar-refractivity contribution in [3.8, 4) is 22.7 Å². The molecule has 0 saturated heterocycles. The number of nitrogens with zero attached hydrogens (tertiary/aromatic N) is 3. The second-order valence-electron chi connectivity index (χ2n) is 8.69. The predicted octanol–water partition coefficient (Wildman–Crippen LogP) is 4.25. The third kappa shape index (κ3) is 5.42. The zero-order chi connectivity index (χ0) is 23.4. The minimum Gasteiger partial charge on any atom is -0.491 e. The average Bonchev–Trinajstić information content (AvgIpc) is 3.49. The maximum atomic E-state index is 14.6. The Hall–Kier alpha value is -3.19. The second-order valence-corrected chi connectivity index (χ2v) is 8.69. The summed E-state index contributed by atoms with van der Waals surface area (Å²) in [5, 5.41) is 7.85. The third-order valence-corrected chi connectivity index (χ3v) is 5.88. The van der Waals surface area contributed by atoms with Crippen LogP contribution in [0.25, 0.3) is 16.9 Å². The van der Waals surface area contributed by atoms with Gasteiger partial charge in [-0.1, -0.05) is 18.2 Å². The molecule has 1 aliphatic rings. The van der Waals surface area contributed by atoms with Gasteiger partial charge in [0.2, 0.25) is 5.91 Å². The molecule has 7 heteroatoms. The van der Waals surface area contributed by atoms with Crippen molar-refractivity contribution >= 4 is 5.91 Å². The molecule has 1 aromatic heterocycles. The zero-order valence-electron chi connectivity index (χ0n) is 19.4. The van der Waals surface area contributed by atoms with E-state index in [1.54, 1.807) is 6.07 Å². The van der Waals surface area contributed by atoms with E-state index in [9.17, 15) is 9.18 Å². The Morgan fingerprint density at radius 2 is 2.03 bits per heavy atom. The molecule has 0 spiro atoms. The number of hydrogen-bond acceptors (Lipinski definition) is 4. The lowest BCUT2D eigenvalue weighted by Crippen LogP contribution is -2.28. The molecule has 1 N–H and O–H groups in total. The van der Waals surface area contributed by atoms with Gasteiger partial charge in [0.25, 0.3) is 0 Å². The smallest absolute Gasteiger partial charge is 0.223 e. The predicted molar refractivity (Wildman–Crippen MR) is 127 cm³/mol. The monoisotopic (exact) mass is 450 g/mol. The molecule has 1 heterocycles. The molecule has 2 unspecified atom stereocenters. The molecule has 1 saturated carbocycles. The molecule has 2 aromatic carbocycles. The Labute approximate surface area is 194 Å². The number of carbonyl (C=O) groups excluding carboxylic acids is 1. The van der Waals surface area contributed by atoms with E-state index in [0.717, 1.165) is 30.6 Å². The Kier molecular flexibility index (Phi) is 7.08. The molecule has 1 aliphatic carbocycles. The second kappa shape index (κ2) is 10.2. The van der Waals surface area contributed by atoms with E-state index in [-0.39, 0.29) is 23.5 Å². The van der Waals surface area contributed by atoms with Gasteiger partial charge in [-0.15, -0.1) is 0 Å². The third-order valence-electron chi connectivity index (χ3n) is 5.88. The number of aromatic nitrogens is 2. The molecule has 0 bridgehead atoms. The Morgan fingerprint density at radius 1 is 1.24 bits per heavy atom. The summed E-state index contributed by atoms with van der Waals surface area (Å²) in [5.74, 6) is -0.118. The van der Waals surface area contributed by atoms with Gasteiger partial charge in [0.15, 0.2) is 11.6 Å². The molecule has 3 aromatic rings. The van der Waals surface area contributed by atoms with Crippen LogP contribution in [0.4, 0.5) is 4.39 Å². The van der Waals surface area contributed by atoms with Gasteiger partial charge in [0.05, 0.1) is 18.0 Å². The van der Waals surface area contributed by atoms with Crippen molar-refractivity contribution in [1.82, 2.24) is 20.0 Å². The maximum absolute atomic E-state index is 14.6. The highest BCUT2D eigenvalue weighted by atomic mass is 19.1. The fourth-order valence-corrected chi connectivity index (χ4v) is 4.08. The molecule has 2 atom stereocenters. The highest BCUT2D eigenvalue weighted by molar-refractivity contribution is 5.83. The van der Waals surface area contributed by atoms with Crippen LogP contribution in [0.15, 0.2) is 54.7 Å². The van der Waals surface area contributed by atoms with Crippen LogP contribution < -0.4 is 10.1 Å². The van der Waals surface area contributed by atoms with E-state index >= 15 is 0 Å². The van der Waals surface area contributed by atoms with Crippen LogP contribution >= 0.6 is 0 Å². The fraction of sp³-hybridized carbons (Fsp3) is 0.385. The lowest BCUT2D eigenvalue weighted by Gasteiger charge is -2.10. The number of amides is 1.